The molecule has 2 aliphatic rings. The van der Waals surface area contributed by atoms with Crippen LogP contribution in [-0.2, 0) is 13.0 Å². The number of nitrogens with zero attached hydrogens (tertiary/aromatic N) is 1. The predicted octanol–water partition coefficient (Wildman–Crippen LogP) is 3.91. The number of aliphatic hydroxyl groups is 1. The van der Waals surface area contributed by atoms with Gasteiger partial charge in [0.1, 0.15) is 0 Å². The molecule has 2 aromatic carbocycles. The molecule has 4 heteroatoms. The smallest absolute Gasteiger partial charge is 0.160 e. The summed E-state index contributed by atoms with van der Waals surface area (Å²) < 4.78 is 5.20. The van der Waals surface area contributed by atoms with Crippen LogP contribution in [0, 0.1) is 11.8 Å². The van der Waals surface area contributed by atoms with Gasteiger partial charge in [-0.2, -0.15) is 0 Å². The summed E-state index contributed by atoms with van der Waals surface area (Å²) in [5.74, 6) is 1.53. The number of rotatable bonds is 5. The first-order chi connectivity index (χ1) is 13.1. The normalized spacial score (nSPS) is 23.3. The summed E-state index contributed by atoms with van der Waals surface area (Å²) in [6, 6.07) is 14.2. The highest BCUT2D eigenvalue weighted by Gasteiger charge is 2.34. The van der Waals surface area contributed by atoms with Crippen LogP contribution in [0.3, 0.4) is 0 Å². The Morgan fingerprint density at radius 3 is 2.56 bits per heavy atom. The van der Waals surface area contributed by atoms with Crippen LogP contribution in [0.4, 0.5) is 0 Å². The van der Waals surface area contributed by atoms with Crippen LogP contribution in [0.25, 0.3) is 0 Å². The van der Waals surface area contributed by atoms with Crippen LogP contribution in [0.15, 0.2) is 42.5 Å². The van der Waals surface area contributed by atoms with Crippen LogP contribution in [0.1, 0.15) is 42.1 Å². The van der Waals surface area contributed by atoms with Crippen molar-refractivity contribution in [1.29, 1.82) is 0 Å². The summed E-state index contributed by atoms with van der Waals surface area (Å²) in [4.78, 5) is 2.54. The molecule has 0 radical (unpaired) electrons. The van der Waals surface area contributed by atoms with Gasteiger partial charge >= 0.3 is 0 Å². The molecule has 0 amide bonds. The molecule has 0 aromatic heterocycles. The van der Waals surface area contributed by atoms with Gasteiger partial charge in [-0.25, -0.2) is 0 Å². The molecule has 2 atom stereocenters. The fourth-order valence-electron chi connectivity index (χ4n) is 4.75. The fourth-order valence-corrected chi connectivity index (χ4v) is 4.75. The first-order valence-electron chi connectivity index (χ1n) is 9.98. The number of likely N-dealkylation sites (tertiary alicyclic amines) is 1. The van der Waals surface area contributed by atoms with Crippen molar-refractivity contribution >= 4 is 0 Å². The quantitative estimate of drug-likeness (QED) is 0.841. The first kappa shape index (κ1) is 18.3. The van der Waals surface area contributed by atoms with Gasteiger partial charge in [-0.15, -0.1) is 0 Å². The van der Waals surface area contributed by atoms with E-state index >= 15 is 0 Å². The molecule has 1 unspecified atom stereocenters. The van der Waals surface area contributed by atoms with E-state index in [0.29, 0.717) is 11.7 Å². The Bertz CT molecular complexity index is 769. The Labute approximate surface area is 161 Å². The molecule has 0 saturated carbocycles. The third-order valence-electron chi connectivity index (χ3n) is 6.28. The van der Waals surface area contributed by atoms with Crippen molar-refractivity contribution in [2.24, 2.45) is 11.8 Å². The van der Waals surface area contributed by atoms with Gasteiger partial charge in [0.05, 0.1) is 13.2 Å². The van der Waals surface area contributed by atoms with E-state index in [4.69, 9.17) is 4.74 Å². The molecule has 0 bridgehead atoms. The topological polar surface area (TPSA) is 52.9 Å². The summed E-state index contributed by atoms with van der Waals surface area (Å²) >= 11 is 0. The van der Waals surface area contributed by atoms with Crippen molar-refractivity contribution in [3.8, 4) is 11.5 Å². The molecule has 144 valence electrons. The van der Waals surface area contributed by atoms with E-state index in [1.807, 2.05) is 0 Å². The van der Waals surface area contributed by atoms with Gasteiger partial charge in [-0.3, -0.25) is 4.90 Å². The molecule has 0 spiro atoms. The van der Waals surface area contributed by atoms with Crippen molar-refractivity contribution < 1.29 is 14.9 Å². The van der Waals surface area contributed by atoms with Crippen LogP contribution in [0.5, 0.6) is 11.5 Å². The molecule has 1 heterocycles. The molecule has 1 aliphatic heterocycles. The molecule has 2 aromatic rings. The van der Waals surface area contributed by atoms with Gasteiger partial charge in [0, 0.05) is 6.54 Å². The predicted molar refractivity (Wildman–Crippen MR) is 106 cm³/mol. The van der Waals surface area contributed by atoms with Crippen molar-refractivity contribution in [1.82, 2.24) is 4.90 Å². The van der Waals surface area contributed by atoms with E-state index in [9.17, 15) is 10.2 Å². The maximum absolute atomic E-state index is 10.8. The van der Waals surface area contributed by atoms with Crippen LogP contribution in [0.2, 0.25) is 0 Å². The second kappa shape index (κ2) is 7.91. The Morgan fingerprint density at radius 1 is 1.11 bits per heavy atom. The van der Waals surface area contributed by atoms with E-state index in [0.717, 1.165) is 43.6 Å². The minimum Gasteiger partial charge on any atom is -0.504 e. The molecule has 4 rings (SSSR count). The lowest BCUT2D eigenvalue weighted by Crippen LogP contribution is -2.34. The number of fused-ring (bicyclic) bond motifs is 1. The van der Waals surface area contributed by atoms with Crippen molar-refractivity contribution in [3.05, 3.63) is 59.2 Å². The van der Waals surface area contributed by atoms with E-state index in [1.54, 1.807) is 19.2 Å². The molecule has 4 nitrogen and oxygen atoms in total. The Hall–Kier alpha value is -2.04. The molecule has 27 heavy (non-hydrogen) atoms. The second-order valence-electron chi connectivity index (χ2n) is 8.07. The molecule has 1 fully saturated rings. The van der Waals surface area contributed by atoms with Crippen LogP contribution >= 0.6 is 0 Å². The Balaban J connectivity index is 1.32. The summed E-state index contributed by atoms with van der Waals surface area (Å²) in [5.41, 5.74) is 3.37. The van der Waals surface area contributed by atoms with Crippen LogP contribution < -0.4 is 4.74 Å². The largest absolute Gasteiger partial charge is 0.504 e. The van der Waals surface area contributed by atoms with Gasteiger partial charge in [0.15, 0.2) is 11.5 Å². The fraction of sp³-hybridized carbons (Fsp3) is 0.478. The number of aromatic hydroxyl groups is 1. The maximum atomic E-state index is 10.8. The zero-order chi connectivity index (χ0) is 18.8. The van der Waals surface area contributed by atoms with Gasteiger partial charge in [-0.05, 0) is 79.4 Å². The Morgan fingerprint density at radius 2 is 1.85 bits per heavy atom. The highest BCUT2D eigenvalue weighted by Crippen LogP contribution is 2.44. The van der Waals surface area contributed by atoms with E-state index in [-0.39, 0.29) is 11.7 Å². The maximum Gasteiger partial charge on any atom is 0.160 e. The number of piperidine rings is 1. The average Bonchev–Trinajstić information content (AvgIpc) is 2.98. The van der Waals surface area contributed by atoms with Gasteiger partial charge in [0.2, 0.25) is 0 Å². The minimum absolute atomic E-state index is 0.165. The van der Waals surface area contributed by atoms with Crippen molar-refractivity contribution in [2.75, 3.05) is 20.2 Å². The molecule has 1 saturated heterocycles. The third-order valence-corrected chi connectivity index (χ3v) is 6.28. The Kier molecular flexibility index (Phi) is 5.37. The number of aliphatic hydroxyl groups excluding tert-OH is 1. The van der Waals surface area contributed by atoms with Crippen molar-refractivity contribution in [3.63, 3.8) is 0 Å². The van der Waals surface area contributed by atoms with Crippen molar-refractivity contribution in [2.45, 2.75) is 38.3 Å². The van der Waals surface area contributed by atoms with E-state index in [1.165, 1.54) is 18.4 Å². The number of methoxy groups -OCH3 is 1. The highest BCUT2D eigenvalue weighted by molar-refractivity contribution is 5.49. The molecular weight excluding hydrogens is 338 g/mol. The van der Waals surface area contributed by atoms with Gasteiger partial charge in [0.25, 0.3) is 0 Å². The number of hydrogen-bond acceptors (Lipinski definition) is 4. The highest BCUT2D eigenvalue weighted by atomic mass is 16.5. The zero-order valence-electron chi connectivity index (χ0n) is 16.0. The lowest BCUT2D eigenvalue weighted by Gasteiger charge is -2.33. The average molecular weight is 367 g/mol. The summed E-state index contributed by atoms with van der Waals surface area (Å²) in [7, 11) is 1.55. The number of hydrogen-bond donors (Lipinski definition) is 2. The summed E-state index contributed by atoms with van der Waals surface area (Å²) in [6.45, 7) is 3.29. The third kappa shape index (κ3) is 3.97. The van der Waals surface area contributed by atoms with Gasteiger partial charge < -0.3 is 14.9 Å². The molecule has 2 N–H and O–H groups in total. The number of phenols is 1. The monoisotopic (exact) mass is 367 g/mol. The number of phenolic OH excluding ortho intramolecular Hbond substituents is 1. The van der Waals surface area contributed by atoms with Crippen LogP contribution in [-0.4, -0.2) is 35.3 Å². The SMILES string of the molecule is COc1cc2c(cc1O)C[C@H](CC1CCN(Cc3ccccc3)CC1)C2O. The lowest BCUT2D eigenvalue weighted by atomic mass is 9.85. The second-order valence-corrected chi connectivity index (χ2v) is 8.07. The summed E-state index contributed by atoms with van der Waals surface area (Å²) in [5, 5.41) is 20.8. The van der Waals surface area contributed by atoms with E-state index < -0.39 is 6.10 Å². The zero-order valence-corrected chi connectivity index (χ0v) is 16.0. The number of ether oxygens (including phenoxy) is 1. The molecule has 1 aliphatic carbocycles. The molecular formula is C23H29NO3. The first-order valence-corrected chi connectivity index (χ1v) is 9.98. The van der Waals surface area contributed by atoms with E-state index in [2.05, 4.69) is 35.2 Å². The standard InChI is InChI=1S/C23H29NO3/c1-27-22-14-20-18(13-21(22)25)12-19(23(20)26)11-16-7-9-24(10-8-16)15-17-5-3-2-4-6-17/h2-6,13-14,16,19,23,25-26H,7-12,15H2,1H3/t19-,23?/m0/s1. The number of benzene rings is 2. The lowest BCUT2D eigenvalue weighted by molar-refractivity contribution is 0.0894. The summed E-state index contributed by atoms with van der Waals surface area (Å²) in [6.07, 6.45) is 3.84. The van der Waals surface area contributed by atoms with Gasteiger partial charge in [-0.1, -0.05) is 30.3 Å². The minimum atomic E-state index is -0.447.